The van der Waals surface area contributed by atoms with Crippen LogP contribution in [0.5, 0.6) is 11.5 Å². The van der Waals surface area contributed by atoms with E-state index in [2.05, 4.69) is 47.3 Å². The molecule has 1 N–H and O–H groups in total. The second-order valence-corrected chi connectivity index (χ2v) is 7.16. The molecule has 3 rings (SSSR count). The third-order valence-electron chi connectivity index (χ3n) is 3.45. The fourth-order valence-electron chi connectivity index (χ4n) is 2.24. The Hall–Kier alpha value is -2.39. The number of benzene rings is 2. The first-order chi connectivity index (χ1) is 13.0. The average Bonchev–Trinajstić information content (AvgIpc) is 3.08. The Morgan fingerprint density at radius 1 is 1.19 bits per heavy atom. The molecule has 140 valence electrons. The Labute approximate surface area is 172 Å². The summed E-state index contributed by atoms with van der Waals surface area (Å²) >= 11 is 6.80. The van der Waals surface area contributed by atoms with Gasteiger partial charge in [-0.25, -0.2) is 0 Å². The topological polar surface area (TPSA) is 86.5 Å². The number of halogens is 2. The van der Waals surface area contributed by atoms with Crippen molar-refractivity contribution in [2.75, 3.05) is 12.4 Å². The highest BCUT2D eigenvalue weighted by atomic mass is 79.9. The molecule has 0 saturated carbocycles. The number of anilines is 1. The fraction of sp³-hybridized carbons (Fsp3) is 0.167. The van der Waals surface area contributed by atoms with Crippen LogP contribution in [-0.4, -0.2) is 23.2 Å². The van der Waals surface area contributed by atoms with Gasteiger partial charge in [-0.05, 0) is 46.3 Å². The number of aromatic nitrogens is 2. The molecule has 2 aromatic carbocycles. The highest BCUT2D eigenvalue weighted by Crippen LogP contribution is 2.28. The summed E-state index contributed by atoms with van der Waals surface area (Å²) < 4.78 is 17.7. The summed E-state index contributed by atoms with van der Waals surface area (Å²) in [7, 11) is 1.54. The van der Waals surface area contributed by atoms with E-state index in [1.807, 2.05) is 30.3 Å². The minimum atomic E-state index is -0.275. The third kappa shape index (κ3) is 5.30. The number of hydrogen-bond donors (Lipinski definition) is 1. The first-order valence-corrected chi connectivity index (χ1v) is 9.46. The summed E-state index contributed by atoms with van der Waals surface area (Å²) in [6, 6.07) is 12.7. The van der Waals surface area contributed by atoms with Gasteiger partial charge in [0.1, 0.15) is 11.5 Å². The molecule has 0 bridgehead atoms. The number of carbonyl (C=O) groups is 1. The van der Waals surface area contributed by atoms with Gasteiger partial charge in [-0.3, -0.25) is 4.79 Å². The van der Waals surface area contributed by atoms with Crippen molar-refractivity contribution < 1.29 is 18.8 Å². The Kier molecular flexibility index (Phi) is 6.46. The van der Waals surface area contributed by atoms with Crippen molar-refractivity contribution in [3.05, 3.63) is 63.1 Å². The van der Waals surface area contributed by atoms with Crippen molar-refractivity contribution in [2.24, 2.45) is 0 Å². The van der Waals surface area contributed by atoms with E-state index in [-0.39, 0.29) is 30.7 Å². The molecule has 0 aliphatic carbocycles. The van der Waals surface area contributed by atoms with Crippen molar-refractivity contribution in [3.63, 3.8) is 0 Å². The van der Waals surface area contributed by atoms with Crippen molar-refractivity contribution in [2.45, 2.75) is 13.0 Å². The zero-order chi connectivity index (χ0) is 19.2. The van der Waals surface area contributed by atoms with Crippen LogP contribution in [0.15, 0.2) is 55.9 Å². The third-order valence-corrected chi connectivity index (χ3v) is 4.57. The van der Waals surface area contributed by atoms with Gasteiger partial charge in [-0.1, -0.05) is 33.2 Å². The van der Waals surface area contributed by atoms with Crippen LogP contribution in [0.3, 0.4) is 0 Å². The Morgan fingerprint density at radius 2 is 2.00 bits per heavy atom. The molecule has 0 radical (unpaired) electrons. The maximum Gasteiger partial charge on any atom is 0.264 e. The number of methoxy groups -OCH3 is 1. The minimum absolute atomic E-state index is 0.0243. The van der Waals surface area contributed by atoms with Crippen LogP contribution in [0, 0.1) is 0 Å². The van der Waals surface area contributed by atoms with Crippen molar-refractivity contribution in [3.8, 4) is 11.5 Å². The molecule has 27 heavy (non-hydrogen) atoms. The van der Waals surface area contributed by atoms with Gasteiger partial charge in [0, 0.05) is 4.47 Å². The van der Waals surface area contributed by atoms with E-state index in [9.17, 15) is 4.79 Å². The van der Waals surface area contributed by atoms with E-state index in [1.165, 1.54) is 0 Å². The molecule has 0 aliphatic heterocycles. The summed E-state index contributed by atoms with van der Waals surface area (Å²) in [5.74, 6) is 1.50. The number of amides is 1. The van der Waals surface area contributed by atoms with Gasteiger partial charge in [0.15, 0.2) is 12.4 Å². The maximum atomic E-state index is 12.2. The molecule has 9 heteroatoms. The Balaban J connectivity index is 1.56. The standard InChI is InChI=1S/C18H15Br2N3O4/c1-25-15-5-3-2-4-13(15)21-17(24)9-16-22-18(27-23-16)10-26-14-7-6-11(19)8-12(14)20/h2-8H,9-10H2,1H3,(H,21,24). The molecule has 1 aromatic heterocycles. The summed E-state index contributed by atoms with van der Waals surface area (Å²) in [4.78, 5) is 16.4. The van der Waals surface area contributed by atoms with E-state index >= 15 is 0 Å². The molecule has 7 nitrogen and oxygen atoms in total. The lowest BCUT2D eigenvalue weighted by atomic mass is 10.2. The highest BCUT2D eigenvalue weighted by Gasteiger charge is 2.14. The highest BCUT2D eigenvalue weighted by molar-refractivity contribution is 9.11. The average molecular weight is 497 g/mol. The van der Waals surface area contributed by atoms with Crippen molar-refractivity contribution in [1.82, 2.24) is 10.1 Å². The lowest BCUT2D eigenvalue weighted by molar-refractivity contribution is -0.115. The zero-order valence-corrected chi connectivity index (χ0v) is 17.4. The van der Waals surface area contributed by atoms with Crippen LogP contribution in [0.2, 0.25) is 0 Å². The number of ether oxygens (including phenoxy) is 2. The molecule has 0 unspecified atom stereocenters. The predicted molar refractivity (Wildman–Crippen MR) is 106 cm³/mol. The minimum Gasteiger partial charge on any atom is -0.495 e. The van der Waals surface area contributed by atoms with Gasteiger partial charge in [-0.2, -0.15) is 4.98 Å². The molecule has 0 atom stereocenters. The molecule has 1 heterocycles. The lowest BCUT2D eigenvalue weighted by Gasteiger charge is -2.08. The second-order valence-electron chi connectivity index (χ2n) is 5.39. The molecule has 3 aromatic rings. The maximum absolute atomic E-state index is 12.2. The number of nitrogens with zero attached hydrogens (tertiary/aromatic N) is 2. The fourth-order valence-corrected chi connectivity index (χ4v) is 3.40. The van der Waals surface area contributed by atoms with Crippen molar-refractivity contribution >= 4 is 43.5 Å². The van der Waals surface area contributed by atoms with Gasteiger partial charge in [0.2, 0.25) is 5.91 Å². The van der Waals surface area contributed by atoms with Gasteiger partial charge in [-0.15, -0.1) is 0 Å². The van der Waals surface area contributed by atoms with Gasteiger partial charge in [0.05, 0.1) is 23.7 Å². The largest absolute Gasteiger partial charge is 0.495 e. The zero-order valence-electron chi connectivity index (χ0n) is 14.2. The van der Waals surface area contributed by atoms with Gasteiger partial charge < -0.3 is 19.3 Å². The van der Waals surface area contributed by atoms with Crippen molar-refractivity contribution in [1.29, 1.82) is 0 Å². The number of para-hydroxylation sites is 2. The monoisotopic (exact) mass is 495 g/mol. The Morgan fingerprint density at radius 3 is 2.78 bits per heavy atom. The lowest BCUT2D eigenvalue weighted by Crippen LogP contribution is -2.15. The molecular weight excluding hydrogens is 482 g/mol. The van der Waals surface area contributed by atoms with E-state index in [4.69, 9.17) is 14.0 Å². The van der Waals surface area contributed by atoms with E-state index < -0.39 is 0 Å². The second kappa shape index (κ2) is 9.01. The van der Waals surface area contributed by atoms with Crippen LogP contribution in [0.25, 0.3) is 0 Å². The van der Waals surface area contributed by atoms with Crippen LogP contribution in [0.4, 0.5) is 5.69 Å². The first kappa shape index (κ1) is 19.4. The quantitative estimate of drug-likeness (QED) is 0.522. The van der Waals surface area contributed by atoms with E-state index in [0.29, 0.717) is 17.2 Å². The van der Waals surface area contributed by atoms with Gasteiger partial charge in [0.25, 0.3) is 5.89 Å². The van der Waals surface area contributed by atoms with E-state index in [1.54, 1.807) is 19.2 Å². The number of hydrogen-bond acceptors (Lipinski definition) is 6. The summed E-state index contributed by atoms with van der Waals surface area (Å²) in [5, 5.41) is 6.57. The van der Waals surface area contributed by atoms with Gasteiger partial charge >= 0.3 is 0 Å². The molecule has 1 amide bonds. The SMILES string of the molecule is COc1ccccc1NC(=O)Cc1noc(COc2ccc(Br)cc2Br)n1. The smallest absolute Gasteiger partial charge is 0.264 e. The summed E-state index contributed by atoms with van der Waals surface area (Å²) in [6.45, 7) is 0.0986. The number of carbonyl (C=O) groups excluding carboxylic acids is 1. The molecule has 0 aliphatic rings. The molecular formula is C18H15Br2N3O4. The number of rotatable bonds is 7. The molecule has 0 spiro atoms. The summed E-state index contributed by atoms with van der Waals surface area (Å²) in [5.41, 5.74) is 0.581. The summed E-state index contributed by atoms with van der Waals surface area (Å²) in [6.07, 6.45) is -0.0243. The van der Waals surface area contributed by atoms with E-state index in [0.717, 1.165) is 8.95 Å². The molecule has 0 fully saturated rings. The first-order valence-electron chi connectivity index (χ1n) is 7.87. The van der Waals surface area contributed by atoms with Crippen LogP contribution < -0.4 is 14.8 Å². The van der Waals surface area contributed by atoms with Crippen LogP contribution in [0.1, 0.15) is 11.7 Å². The predicted octanol–water partition coefficient (Wildman–Crippen LogP) is 4.36. The Bertz CT molecular complexity index is 946. The van der Waals surface area contributed by atoms with Crippen LogP contribution >= 0.6 is 31.9 Å². The number of nitrogens with one attached hydrogen (secondary N) is 1. The normalized spacial score (nSPS) is 10.5. The van der Waals surface area contributed by atoms with Crippen LogP contribution in [-0.2, 0) is 17.8 Å². The molecule has 0 saturated heterocycles.